The molecule has 198 valence electrons. The molecule has 2 aromatic carbocycles. The number of esters is 1. The molecule has 1 aromatic heterocycles. The fraction of sp³-hybridized carbons (Fsp3) is 0.185. The van der Waals surface area contributed by atoms with E-state index >= 15 is 0 Å². The topological polar surface area (TPSA) is 106 Å². The number of carbonyl (C=O) groups excluding carboxylic acids is 2. The molecule has 1 N–H and O–H groups in total. The van der Waals surface area contributed by atoms with Crippen LogP contribution in [0.25, 0.3) is 6.08 Å². The highest BCUT2D eigenvalue weighted by atomic mass is 35.5. The fourth-order valence-electron chi connectivity index (χ4n) is 3.92. The first kappa shape index (κ1) is 27.7. The number of nitrogens with one attached hydrogen (secondary N) is 1. The highest BCUT2D eigenvalue weighted by Gasteiger charge is 2.31. The molecule has 8 nitrogen and oxygen atoms in total. The smallest absolute Gasteiger partial charge is 0.340 e. The van der Waals surface area contributed by atoms with Crippen molar-refractivity contribution in [2.75, 3.05) is 7.11 Å². The zero-order chi connectivity index (χ0) is 27.6. The predicted molar refractivity (Wildman–Crippen MR) is 144 cm³/mol. The van der Waals surface area contributed by atoms with Gasteiger partial charge in [-0.2, -0.15) is 4.31 Å². The van der Waals surface area contributed by atoms with Gasteiger partial charge in [0, 0.05) is 22.3 Å². The summed E-state index contributed by atoms with van der Waals surface area (Å²) in [4.78, 5) is 24.7. The van der Waals surface area contributed by atoms with Gasteiger partial charge in [-0.15, -0.1) is 0 Å². The fourth-order valence-corrected chi connectivity index (χ4v) is 5.77. The van der Waals surface area contributed by atoms with Crippen LogP contribution in [0, 0.1) is 6.92 Å². The molecule has 0 aliphatic carbocycles. The summed E-state index contributed by atoms with van der Waals surface area (Å²) in [5.74, 6) is -0.550. The highest BCUT2D eigenvalue weighted by molar-refractivity contribution is 7.89. The van der Waals surface area contributed by atoms with Crippen LogP contribution >= 0.6 is 23.2 Å². The molecule has 0 fully saturated rings. The van der Waals surface area contributed by atoms with E-state index in [2.05, 4.69) is 5.32 Å². The van der Waals surface area contributed by atoms with Crippen LogP contribution in [0.1, 0.15) is 29.6 Å². The molecule has 0 atom stereocenters. The number of hydrogen-bond acceptors (Lipinski definition) is 6. The van der Waals surface area contributed by atoms with Crippen molar-refractivity contribution >= 4 is 51.2 Å². The Labute approximate surface area is 230 Å². The largest absolute Gasteiger partial charge is 0.465 e. The predicted octanol–water partition coefficient (Wildman–Crippen LogP) is 5.25. The molecule has 38 heavy (non-hydrogen) atoms. The molecular weight excluding hydrogens is 551 g/mol. The number of carbonyl (C=O) groups is 2. The van der Waals surface area contributed by atoms with Crippen molar-refractivity contribution in [3.63, 3.8) is 0 Å². The summed E-state index contributed by atoms with van der Waals surface area (Å²) < 4.78 is 39.2. The van der Waals surface area contributed by atoms with Gasteiger partial charge in [-0.1, -0.05) is 47.0 Å². The van der Waals surface area contributed by atoms with E-state index < -0.39 is 21.9 Å². The van der Waals surface area contributed by atoms with E-state index in [-0.39, 0.29) is 34.9 Å². The second-order valence-corrected chi connectivity index (χ2v) is 11.4. The number of aryl methyl sites for hydroxylation is 1. The normalized spacial score (nSPS) is 14.9. The van der Waals surface area contributed by atoms with Gasteiger partial charge in [0.1, 0.15) is 11.5 Å². The van der Waals surface area contributed by atoms with Crippen molar-refractivity contribution in [2.45, 2.75) is 31.8 Å². The number of rotatable bonds is 8. The Morgan fingerprint density at radius 1 is 1.05 bits per heavy atom. The second kappa shape index (κ2) is 11.2. The van der Waals surface area contributed by atoms with E-state index in [0.717, 1.165) is 5.56 Å². The summed E-state index contributed by atoms with van der Waals surface area (Å²) >= 11 is 12.4. The summed E-state index contributed by atoms with van der Waals surface area (Å²) in [6, 6.07) is 14.6. The first-order valence-electron chi connectivity index (χ1n) is 11.4. The quantitative estimate of drug-likeness (QED) is 0.291. The maximum absolute atomic E-state index is 13.6. The van der Waals surface area contributed by atoms with Crippen molar-refractivity contribution in [3.8, 4) is 0 Å². The number of amides is 1. The van der Waals surface area contributed by atoms with Crippen LogP contribution in [0.15, 0.2) is 80.8 Å². The van der Waals surface area contributed by atoms with E-state index in [1.54, 1.807) is 61.5 Å². The van der Waals surface area contributed by atoms with E-state index in [4.69, 9.17) is 32.4 Å². The van der Waals surface area contributed by atoms with Crippen LogP contribution < -0.4 is 5.32 Å². The Bertz CT molecular complexity index is 1570. The Balaban J connectivity index is 1.68. The first-order chi connectivity index (χ1) is 18.0. The first-order valence-corrected chi connectivity index (χ1v) is 13.6. The molecule has 11 heteroatoms. The lowest BCUT2D eigenvalue weighted by Gasteiger charge is -2.22. The Hall–Kier alpha value is -3.37. The molecule has 0 unspecified atom stereocenters. The van der Waals surface area contributed by atoms with Gasteiger partial charge >= 0.3 is 5.97 Å². The number of ether oxygens (including phenoxy) is 1. The van der Waals surface area contributed by atoms with Gasteiger partial charge in [0.15, 0.2) is 0 Å². The van der Waals surface area contributed by atoms with E-state index in [1.807, 2.05) is 6.92 Å². The number of hydrogen-bond donors (Lipinski definition) is 1. The average Bonchev–Trinajstić information content (AvgIpc) is 3.42. The van der Waals surface area contributed by atoms with Crippen molar-refractivity contribution in [2.24, 2.45) is 0 Å². The molecule has 1 amide bonds. The van der Waals surface area contributed by atoms with Crippen LogP contribution in [0.3, 0.4) is 0 Å². The Morgan fingerprint density at radius 2 is 1.76 bits per heavy atom. The average molecular weight is 575 g/mol. The van der Waals surface area contributed by atoms with Gasteiger partial charge in [0.05, 0.1) is 29.7 Å². The third kappa shape index (κ3) is 5.86. The number of sulfonamides is 1. The molecular formula is C27H24Cl2N2O6S. The van der Waals surface area contributed by atoms with E-state index in [0.29, 0.717) is 27.1 Å². The minimum absolute atomic E-state index is 0.0415. The van der Waals surface area contributed by atoms with Gasteiger partial charge in [-0.3, -0.25) is 4.79 Å². The number of nitrogens with zero attached hydrogens (tertiary/aromatic N) is 1. The molecule has 0 saturated carbocycles. The summed E-state index contributed by atoms with van der Waals surface area (Å²) in [5, 5.41) is 3.35. The van der Waals surface area contributed by atoms with Gasteiger partial charge in [0.2, 0.25) is 10.0 Å². The minimum atomic E-state index is -3.96. The number of methoxy groups -OCH3 is 1. The number of benzene rings is 2. The molecule has 0 saturated heterocycles. The maximum atomic E-state index is 13.6. The highest BCUT2D eigenvalue weighted by Crippen LogP contribution is 2.29. The van der Waals surface area contributed by atoms with Crippen LogP contribution in [-0.4, -0.2) is 31.7 Å². The van der Waals surface area contributed by atoms with Crippen LogP contribution in [0.5, 0.6) is 0 Å². The lowest BCUT2D eigenvalue weighted by molar-refractivity contribution is -0.136. The Kier molecular flexibility index (Phi) is 8.13. The van der Waals surface area contributed by atoms with Crippen molar-refractivity contribution in [1.29, 1.82) is 0 Å². The summed E-state index contributed by atoms with van der Waals surface area (Å²) in [7, 11) is -2.73. The molecule has 0 bridgehead atoms. The van der Waals surface area contributed by atoms with Crippen LogP contribution in [0.4, 0.5) is 0 Å². The number of furan rings is 1. The third-order valence-corrected chi connectivity index (χ3v) is 8.29. The number of halogens is 2. The minimum Gasteiger partial charge on any atom is -0.465 e. The Morgan fingerprint density at radius 3 is 2.42 bits per heavy atom. The van der Waals surface area contributed by atoms with Gasteiger partial charge in [-0.05, 0) is 61.9 Å². The molecule has 0 spiro atoms. The second-order valence-electron chi connectivity index (χ2n) is 8.63. The van der Waals surface area contributed by atoms with Gasteiger partial charge < -0.3 is 14.5 Å². The molecule has 1 aliphatic rings. The van der Waals surface area contributed by atoms with Gasteiger partial charge in [-0.25, -0.2) is 13.2 Å². The summed E-state index contributed by atoms with van der Waals surface area (Å²) in [5.41, 5.74) is 2.05. The maximum Gasteiger partial charge on any atom is 0.340 e. The number of allylic oxidation sites excluding steroid dienone is 1. The third-order valence-electron chi connectivity index (χ3n) is 5.90. The standard InChI is InChI=1S/C27H24Cl2N2O6S/c1-16-4-10-22(11-5-16)38(34,35)31(14-18-6-7-19(28)12-24(18)29)15-21-9-8-20(37-21)13-23-25(27(33)36-3)17(2)30-26(23)32/h4-13H,14-15H2,1-3H3,(H,30,32)/b23-13+. The zero-order valence-electron chi connectivity index (χ0n) is 20.7. The molecule has 2 heterocycles. The van der Waals surface area contributed by atoms with Crippen molar-refractivity contribution < 1.29 is 27.2 Å². The van der Waals surface area contributed by atoms with Crippen molar-refractivity contribution in [3.05, 3.63) is 104 Å². The molecule has 4 rings (SSSR count). The lowest BCUT2D eigenvalue weighted by atomic mass is 10.1. The van der Waals surface area contributed by atoms with Gasteiger partial charge in [0.25, 0.3) is 5.91 Å². The summed E-state index contributed by atoms with van der Waals surface area (Å²) in [6.45, 7) is 3.30. The lowest BCUT2D eigenvalue weighted by Crippen LogP contribution is -2.30. The van der Waals surface area contributed by atoms with Crippen LogP contribution in [0.2, 0.25) is 10.0 Å². The van der Waals surface area contributed by atoms with E-state index in [1.165, 1.54) is 17.5 Å². The zero-order valence-corrected chi connectivity index (χ0v) is 23.1. The van der Waals surface area contributed by atoms with Crippen molar-refractivity contribution in [1.82, 2.24) is 9.62 Å². The molecule has 0 radical (unpaired) electrons. The monoisotopic (exact) mass is 574 g/mol. The van der Waals surface area contributed by atoms with Crippen LogP contribution in [-0.2, 0) is 37.4 Å². The van der Waals surface area contributed by atoms with E-state index in [9.17, 15) is 18.0 Å². The summed E-state index contributed by atoms with van der Waals surface area (Å²) in [6.07, 6.45) is 1.41. The SMILES string of the molecule is COC(=O)C1=C(C)NC(=O)/C1=C/c1ccc(CN(Cc2ccc(Cl)cc2Cl)S(=O)(=O)c2ccc(C)cc2)o1. The molecule has 1 aliphatic heterocycles. The molecule has 3 aromatic rings.